The van der Waals surface area contributed by atoms with Crippen LogP contribution in [-0.4, -0.2) is 67.8 Å². The molecular formula is C22H23ClN6O4S. The number of amides is 1. The minimum atomic E-state index is -2.17. The van der Waals surface area contributed by atoms with Gasteiger partial charge in [0.15, 0.2) is 0 Å². The van der Waals surface area contributed by atoms with Crippen molar-refractivity contribution in [2.24, 2.45) is 0 Å². The first-order chi connectivity index (χ1) is 16.4. The van der Waals surface area contributed by atoms with Gasteiger partial charge in [-0.2, -0.15) is 0 Å². The fraction of sp³-hybridized carbons (Fsp3) is 0.273. The van der Waals surface area contributed by atoms with Gasteiger partial charge >= 0.3 is 0 Å². The van der Waals surface area contributed by atoms with Crippen molar-refractivity contribution in [3.8, 4) is 17.0 Å². The Balaban J connectivity index is 1.71. The van der Waals surface area contributed by atoms with E-state index in [4.69, 9.17) is 20.9 Å². The van der Waals surface area contributed by atoms with Gasteiger partial charge in [-0.3, -0.25) is 9.35 Å². The number of rotatable bonds is 7. The molecule has 1 atom stereocenters. The van der Waals surface area contributed by atoms with Gasteiger partial charge in [-0.25, -0.2) is 23.9 Å². The Hall–Kier alpha value is -3.12. The largest absolute Gasteiger partial charge is 0.481 e. The first kappa shape index (κ1) is 24.0. The Morgan fingerprint density at radius 2 is 2.03 bits per heavy atom. The molecule has 3 aromatic rings. The van der Waals surface area contributed by atoms with E-state index in [1.165, 1.54) is 19.5 Å². The van der Waals surface area contributed by atoms with E-state index in [2.05, 4.69) is 31.2 Å². The summed E-state index contributed by atoms with van der Waals surface area (Å²) < 4.78 is 27.9. The lowest BCUT2D eigenvalue weighted by molar-refractivity contribution is -0.126. The number of benzene rings is 1. The summed E-state index contributed by atoms with van der Waals surface area (Å²) in [5.41, 5.74) is 2.73. The van der Waals surface area contributed by atoms with Crippen molar-refractivity contribution in [3.63, 3.8) is 0 Å². The number of hydrogen-bond acceptors (Lipinski definition) is 7. The zero-order valence-electron chi connectivity index (χ0n) is 18.4. The maximum absolute atomic E-state index is 11.9. The number of piperazine rings is 1. The summed E-state index contributed by atoms with van der Waals surface area (Å²) in [6, 6.07) is 5.50. The molecule has 0 aliphatic carbocycles. The van der Waals surface area contributed by atoms with Crippen molar-refractivity contribution in [2.75, 3.05) is 38.2 Å². The van der Waals surface area contributed by atoms with Crippen LogP contribution in [0.3, 0.4) is 0 Å². The Morgan fingerprint density at radius 3 is 2.71 bits per heavy atom. The van der Waals surface area contributed by atoms with E-state index in [9.17, 15) is 9.00 Å². The maximum atomic E-state index is 11.9. The average Bonchev–Trinajstić information content (AvgIpc) is 2.86. The van der Waals surface area contributed by atoms with Gasteiger partial charge in [0, 0.05) is 61.0 Å². The number of anilines is 1. The Labute approximate surface area is 204 Å². The molecule has 1 fully saturated rings. The highest BCUT2D eigenvalue weighted by Gasteiger charge is 2.22. The lowest BCUT2D eigenvalue weighted by Gasteiger charge is -2.35. The number of carbonyl (C=O) groups is 1. The second-order valence-corrected chi connectivity index (χ2v) is 8.72. The number of hydrogen-bond donors (Lipinski definition) is 2. The summed E-state index contributed by atoms with van der Waals surface area (Å²) in [5, 5.41) is 1.30. The molecule has 1 aromatic carbocycles. The number of ether oxygens (including phenoxy) is 1. The number of fused-ring (bicyclic) bond motifs is 1. The van der Waals surface area contributed by atoms with Gasteiger partial charge in [0.2, 0.25) is 23.1 Å². The van der Waals surface area contributed by atoms with E-state index in [1.807, 2.05) is 12.1 Å². The monoisotopic (exact) mass is 502 g/mol. The molecule has 1 aliphatic rings. The fourth-order valence-electron chi connectivity index (χ4n) is 3.90. The van der Waals surface area contributed by atoms with E-state index in [-0.39, 0.29) is 12.5 Å². The lowest BCUT2D eigenvalue weighted by Crippen LogP contribution is -2.48. The molecule has 0 spiro atoms. The van der Waals surface area contributed by atoms with Gasteiger partial charge < -0.3 is 14.5 Å². The normalized spacial score (nSPS) is 14.8. The third-order valence-corrected chi connectivity index (χ3v) is 6.29. The number of nitrogens with zero attached hydrogens (tertiary/aromatic N) is 5. The van der Waals surface area contributed by atoms with Crippen LogP contribution in [0.15, 0.2) is 43.4 Å². The summed E-state index contributed by atoms with van der Waals surface area (Å²) in [5.74, 6) is 1.02. The van der Waals surface area contributed by atoms with Gasteiger partial charge in [-0.05, 0) is 24.3 Å². The highest BCUT2D eigenvalue weighted by molar-refractivity contribution is 7.77. The van der Waals surface area contributed by atoms with Crippen LogP contribution in [0.25, 0.3) is 22.0 Å². The van der Waals surface area contributed by atoms with Crippen LogP contribution in [0.4, 0.5) is 5.82 Å². The van der Waals surface area contributed by atoms with Gasteiger partial charge in [-0.15, -0.1) is 0 Å². The average molecular weight is 503 g/mol. The zero-order valence-corrected chi connectivity index (χ0v) is 20.0. The number of carbonyl (C=O) groups excluding carboxylic acids is 1. The van der Waals surface area contributed by atoms with E-state index >= 15 is 0 Å². The smallest absolute Gasteiger partial charge is 0.246 e. The van der Waals surface area contributed by atoms with Crippen molar-refractivity contribution in [1.82, 2.24) is 24.6 Å². The van der Waals surface area contributed by atoms with Crippen molar-refractivity contribution in [2.45, 2.75) is 6.54 Å². The number of methoxy groups -OCH3 is 1. The minimum Gasteiger partial charge on any atom is -0.481 e. The molecule has 1 unspecified atom stereocenters. The van der Waals surface area contributed by atoms with Crippen LogP contribution in [0.5, 0.6) is 5.88 Å². The third-order valence-electron chi connectivity index (χ3n) is 5.58. The molecule has 1 saturated heterocycles. The van der Waals surface area contributed by atoms with Crippen molar-refractivity contribution in [1.29, 1.82) is 0 Å². The molecule has 3 heterocycles. The van der Waals surface area contributed by atoms with Crippen LogP contribution >= 0.6 is 11.6 Å². The van der Waals surface area contributed by atoms with Crippen LogP contribution in [0.1, 0.15) is 5.56 Å². The molecule has 10 nitrogen and oxygen atoms in total. The van der Waals surface area contributed by atoms with Crippen LogP contribution in [0, 0.1) is 0 Å². The Bertz CT molecular complexity index is 1270. The Kier molecular flexibility index (Phi) is 7.37. The highest BCUT2D eigenvalue weighted by atomic mass is 35.5. The molecule has 12 heteroatoms. The predicted octanol–water partition coefficient (Wildman–Crippen LogP) is 2.41. The summed E-state index contributed by atoms with van der Waals surface area (Å²) in [4.78, 5) is 29.0. The number of aromatic nitrogens is 3. The lowest BCUT2D eigenvalue weighted by atomic mass is 10.0. The molecular weight excluding hydrogens is 480 g/mol. The van der Waals surface area contributed by atoms with E-state index in [0.29, 0.717) is 59.3 Å². The van der Waals surface area contributed by atoms with Gasteiger partial charge in [0.1, 0.15) is 12.1 Å². The molecule has 0 bridgehead atoms. The summed E-state index contributed by atoms with van der Waals surface area (Å²) >= 11 is 4.43. The minimum absolute atomic E-state index is 0.0800. The van der Waals surface area contributed by atoms with E-state index in [1.54, 1.807) is 17.2 Å². The fourth-order valence-corrected chi connectivity index (χ4v) is 4.45. The van der Waals surface area contributed by atoms with Crippen molar-refractivity contribution >= 4 is 45.5 Å². The standard InChI is InChI=1S/C22H23ClN6O4S/c1-3-20(30)28-4-6-29(7-5-28)21-17-9-16(18(23)10-19(17)25-13-26-21)14-8-15(12-27-34(31)32)22(33-2)24-11-14/h3,8-11,13,27H,1,4-7,12H2,2H3,(H,31,32). The molecule has 4 rings (SSSR count). The van der Waals surface area contributed by atoms with E-state index in [0.717, 1.165) is 11.2 Å². The van der Waals surface area contributed by atoms with Crippen molar-refractivity contribution < 1.29 is 18.3 Å². The topological polar surface area (TPSA) is 121 Å². The SMILES string of the molecule is C=CC(=O)N1CCN(c2ncnc3cc(Cl)c(-c4cnc(OC)c(CNS(=O)O)c4)cc23)CC1. The molecule has 178 valence electrons. The second-order valence-electron chi connectivity index (χ2n) is 7.53. The third kappa shape index (κ3) is 5.02. The van der Waals surface area contributed by atoms with Crippen LogP contribution in [0.2, 0.25) is 5.02 Å². The Morgan fingerprint density at radius 1 is 1.26 bits per heavy atom. The summed E-state index contributed by atoms with van der Waals surface area (Å²) in [6.07, 6.45) is 4.46. The van der Waals surface area contributed by atoms with Gasteiger partial charge in [0.05, 0.1) is 17.6 Å². The zero-order chi connectivity index (χ0) is 24.2. The molecule has 34 heavy (non-hydrogen) atoms. The quantitative estimate of drug-likeness (QED) is 0.373. The van der Waals surface area contributed by atoms with E-state index < -0.39 is 11.3 Å². The van der Waals surface area contributed by atoms with Gasteiger partial charge in [0.25, 0.3) is 0 Å². The molecule has 2 N–H and O–H groups in total. The van der Waals surface area contributed by atoms with Gasteiger partial charge in [-0.1, -0.05) is 18.2 Å². The molecule has 1 amide bonds. The summed E-state index contributed by atoms with van der Waals surface area (Å²) in [6.45, 7) is 6.04. The molecule has 1 aliphatic heterocycles. The molecule has 0 radical (unpaired) electrons. The first-order valence-corrected chi connectivity index (χ1v) is 11.9. The summed E-state index contributed by atoms with van der Waals surface area (Å²) in [7, 11) is 1.48. The molecule has 0 saturated carbocycles. The highest BCUT2D eigenvalue weighted by Crippen LogP contribution is 2.36. The first-order valence-electron chi connectivity index (χ1n) is 10.4. The number of halogens is 1. The van der Waals surface area contributed by atoms with Crippen LogP contribution < -0.4 is 14.4 Å². The van der Waals surface area contributed by atoms with Crippen LogP contribution in [-0.2, 0) is 22.6 Å². The number of pyridine rings is 1. The van der Waals surface area contributed by atoms with Crippen molar-refractivity contribution in [3.05, 3.63) is 54.0 Å². The predicted molar refractivity (Wildman–Crippen MR) is 131 cm³/mol. The number of nitrogens with one attached hydrogen (secondary N) is 1. The molecule has 2 aromatic heterocycles. The second kappa shape index (κ2) is 10.4. The maximum Gasteiger partial charge on any atom is 0.246 e.